The van der Waals surface area contributed by atoms with Gasteiger partial charge in [-0.2, -0.15) is 0 Å². The SMILES string of the molecule is CC(N)(C(=O)NCCC(=O)NCc1ccccc1)c1ccccc1.Cl. The normalized spacial score (nSPS) is 12.4. The third-order valence-corrected chi connectivity index (χ3v) is 3.82. The van der Waals surface area contributed by atoms with Gasteiger partial charge < -0.3 is 16.4 Å². The van der Waals surface area contributed by atoms with Crippen LogP contribution in [0.15, 0.2) is 60.7 Å². The fourth-order valence-corrected chi connectivity index (χ4v) is 2.27. The lowest BCUT2D eigenvalue weighted by Crippen LogP contribution is -2.49. The van der Waals surface area contributed by atoms with Gasteiger partial charge in [-0.15, -0.1) is 12.4 Å². The molecule has 0 bridgehead atoms. The Hall–Kier alpha value is -2.37. The van der Waals surface area contributed by atoms with Gasteiger partial charge in [-0.1, -0.05) is 60.7 Å². The zero-order chi connectivity index (χ0) is 17.4. The van der Waals surface area contributed by atoms with Crippen molar-refractivity contribution in [3.05, 3.63) is 71.8 Å². The summed E-state index contributed by atoms with van der Waals surface area (Å²) in [6.45, 7) is 2.39. The van der Waals surface area contributed by atoms with Crippen molar-refractivity contribution in [2.75, 3.05) is 6.54 Å². The number of nitrogens with one attached hydrogen (secondary N) is 2. The van der Waals surface area contributed by atoms with E-state index in [2.05, 4.69) is 10.6 Å². The molecule has 2 amide bonds. The molecular formula is C19H24ClN3O2. The van der Waals surface area contributed by atoms with E-state index in [1.807, 2.05) is 60.7 Å². The Bertz CT molecular complexity index is 676. The number of halogens is 1. The third kappa shape index (κ3) is 6.21. The largest absolute Gasteiger partial charge is 0.354 e. The topological polar surface area (TPSA) is 84.2 Å². The maximum atomic E-state index is 12.3. The summed E-state index contributed by atoms with van der Waals surface area (Å²) in [5.74, 6) is -0.415. The molecule has 0 aliphatic carbocycles. The van der Waals surface area contributed by atoms with Crippen molar-refractivity contribution >= 4 is 24.2 Å². The fourth-order valence-electron chi connectivity index (χ4n) is 2.27. The molecular weight excluding hydrogens is 338 g/mol. The second-order valence-corrected chi connectivity index (χ2v) is 5.84. The average Bonchev–Trinajstić information content (AvgIpc) is 2.61. The van der Waals surface area contributed by atoms with Crippen molar-refractivity contribution in [2.24, 2.45) is 5.73 Å². The maximum Gasteiger partial charge on any atom is 0.244 e. The maximum absolute atomic E-state index is 12.3. The standard InChI is InChI=1S/C19H23N3O2.ClH/c1-19(20,16-10-6-3-7-11-16)18(24)21-13-12-17(23)22-14-15-8-4-2-5-9-15;/h2-11H,12-14,20H2,1H3,(H,21,24)(H,22,23);1H. The van der Waals surface area contributed by atoms with E-state index in [0.29, 0.717) is 6.54 Å². The van der Waals surface area contributed by atoms with E-state index < -0.39 is 5.54 Å². The van der Waals surface area contributed by atoms with Gasteiger partial charge in [0, 0.05) is 19.5 Å². The molecule has 1 unspecified atom stereocenters. The Labute approximate surface area is 154 Å². The van der Waals surface area contributed by atoms with Crippen LogP contribution in [0.2, 0.25) is 0 Å². The first-order valence-electron chi connectivity index (χ1n) is 7.93. The molecule has 2 aromatic rings. The van der Waals surface area contributed by atoms with Gasteiger partial charge in [-0.3, -0.25) is 9.59 Å². The van der Waals surface area contributed by atoms with E-state index in [-0.39, 0.29) is 37.2 Å². The predicted molar refractivity (Wildman–Crippen MR) is 101 cm³/mol. The Morgan fingerprint density at radius 2 is 1.52 bits per heavy atom. The lowest BCUT2D eigenvalue weighted by molar-refractivity contribution is -0.126. The minimum atomic E-state index is -1.12. The zero-order valence-corrected chi connectivity index (χ0v) is 15.0. The molecule has 0 aliphatic heterocycles. The smallest absolute Gasteiger partial charge is 0.244 e. The quantitative estimate of drug-likeness (QED) is 0.706. The van der Waals surface area contributed by atoms with Crippen molar-refractivity contribution in [3.8, 4) is 0 Å². The van der Waals surface area contributed by atoms with Crippen LogP contribution in [0.3, 0.4) is 0 Å². The molecule has 0 aromatic heterocycles. The number of carbonyl (C=O) groups is 2. The summed E-state index contributed by atoms with van der Waals surface area (Å²) in [5, 5.41) is 5.55. The van der Waals surface area contributed by atoms with Crippen LogP contribution in [0.5, 0.6) is 0 Å². The van der Waals surface area contributed by atoms with Gasteiger partial charge in [0.15, 0.2) is 0 Å². The number of hydrogen-bond donors (Lipinski definition) is 3. The van der Waals surface area contributed by atoms with Gasteiger partial charge in [0.1, 0.15) is 5.54 Å². The summed E-state index contributed by atoms with van der Waals surface area (Å²) in [5.41, 5.74) is 6.77. The number of amides is 2. The highest BCUT2D eigenvalue weighted by molar-refractivity contribution is 5.87. The van der Waals surface area contributed by atoms with Crippen LogP contribution in [0.1, 0.15) is 24.5 Å². The lowest BCUT2D eigenvalue weighted by Gasteiger charge is -2.24. The summed E-state index contributed by atoms with van der Waals surface area (Å²) in [6.07, 6.45) is 0.212. The van der Waals surface area contributed by atoms with Crippen LogP contribution < -0.4 is 16.4 Å². The Balaban J connectivity index is 0.00000312. The average molecular weight is 362 g/mol. The van der Waals surface area contributed by atoms with Gasteiger partial charge in [0.25, 0.3) is 0 Å². The van der Waals surface area contributed by atoms with E-state index >= 15 is 0 Å². The molecule has 2 rings (SSSR count). The van der Waals surface area contributed by atoms with Crippen molar-refractivity contribution in [2.45, 2.75) is 25.4 Å². The second kappa shape index (κ2) is 9.81. The molecule has 4 N–H and O–H groups in total. The monoisotopic (exact) mass is 361 g/mol. The first-order chi connectivity index (χ1) is 11.5. The minimum Gasteiger partial charge on any atom is -0.354 e. The molecule has 0 saturated carbocycles. The first-order valence-corrected chi connectivity index (χ1v) is 7.93. The number of hydrogen-bond acceptors (Lipinski definition) is 3. The molecule has 0 aliphatic rings. The number of rotatable bonds is 7. The second-order valence-electron chi connectivity index (χ2n) is 5.84. The van der Waals surface area contributed by atoms with Crippen molar-refractivity contribution in [1.29, 1.82) is 0 Å². The molecule has 5 nitrogen and oxygen atoms in total. The molecule has 25 heavy (non-hydrogen) atoms. The molecule has 2 aromatic carbocycles. The van der Waals surface area contributed by atoms with E-state index in [1.165, 1.54) is 0 Å². The van der Waals surface area contributed by atoms with Crippen LogP contribution in [0.4, 0.5) is 0 Å². The highest BCUT2D eigenvalue weighted by atomic mass is 35.5. The summed E-state index contributed by atoms with van der Waals surface area (Å²) in [7, 11) is 0. The van der Waals surface area contributed by atoms with Crippen LogP contribution in [-0.2, 0) is 21.7 Å². The zero-order valence-electron chi connectivity index (χ0n) is 14.2. The van der Waals surface area contributed by atoms with E-state index in [1.54, 1.807) is 6.92 Å². The van der Waals surface area contributed by atoms with Gasteiger partial charge in [0.2, 0.25) is 11.8 Å². The third-order valence-electron chi connectivity index (χ3n) is 3.82. The summed E-state index contributed by atoms with van der Waals surface area (Å²) < 4.78 is 0. The van der Waals surface area contributed by atoms with E-state index in [4.69, 9.17) is 5.73 Å². The summed E-state index contributed by atoms with van der Waals surface area (Å²) in [6, 6.07) is 18.8. The molecule has 0 fully saturated rings. The Morgan fingerprint density at radius 3 is 2.12 bits per heavy atom. The van der Waals surface area contributed by atoms with Gasteiger partial charge >= 0.3 is 0 Å². The van der Waals surface area contributed by atoms with Crippen molar-refractivity contribution in [3.63, 3.8) is 0 Å². The van der Waals surface area contributed by atoms with Crippen LogP contribution in [0, 0.1) is 0 Å². The molecule has 6 heteroatoms. The summed E-state index contributed by atoms with van der Waals surface area (Å²) in [4.78, 5) is 24.1. The summed E-state index contributed by atoms with van der Waals surface area (Å²) >= 11 is 0. The molecule has 0 spiro atoms. The highest BCUT2D eigenvalue weighted by Crippen LogP contribution is 2.17. The van der Waals surface area contributed by atoms with Gasteiger partial charge in [-0.05, 0) is 18.1 Å². The Kier molecular flexibility index (Phi) is 8.11. The van der Waals surface area contributed by atoms with Crippen molar-refractivity contribution in [1.82, 2.24) is 10.6 Å². The number of nitrogens with two attached hydrogens (primary N) is 1. The predicted octanol–water partition coefficient (Wildman–Crippen LogP) is 2.11. The van der Waals surface area contributed by atoms with Crippen LogP contribution >= 0.6 is 12.4 Å². The van der Waals surface area contributed by atoms with E-state index in [9.17, 15) is 9.59 Å². The van der Waals surface area contributed by atoms with E-state index in [0.717, 1.165) is 11.1 Å². The first kappa shape index (κ1) is 20.7. The minimum absolute atomic E-state index is 0. The molecule has 0 saturated heterocycles. The number of carbonyl (C=O) groups excluding carboxylic acids is 2. The van der Waals surface area contributed by atoms with Gasteiger partial charge in [0.05, 0.1) is 0 Å². The molecule has 0 radical (unpaired) electrons. The fraction of sp³-hybridized carbons (Fsp3) is 0.263. The highest BCUT2D eigenvalue weighted by Gasteiger charge is 2.29. The molecule has 1 atom stereocenters. The van der Waals surface area contributed by atoms with Crippen LogP contribution in [-0.4, -0.2) is 18.4 Å². The van der Waals surface area contributed by atoms with Crippen LogP contribution in [0.25, 0.3) is 0 Å². The molecule has 134 valence electrons. The lowest BCUT2D eigenvalue weighted by atomic mass is 9.92. The Morgan fingerprint density at radius 1 is 0.960 bits per heavy atom. The van der Waals surface area contributed by atoms with Gasteiger partial charge in [-0.25, -0.2) is 0 Å². The molecule has 0 heterocycles. The van der Waals surface area contributed by atoms with Crippen molar-refractivity contribution < 1.29 is 9.59 Å². The number of benzene rings is 2.